The molecule has 1 aliphatic rings. The van der Waals surface area contributed by atoms with Crippen LogP contribution in [-0.4, -0.2) is 60.2 Å². The van der Waals surface area contributed by atoms with Crippen molar-refractivity contribution >= 4 is 28.4 Å². The van der Waals surface area contributed by atoms with E-state index < -0.39 is 17.7 Å². The largest absolute Gasteiger partial charge is 0.387 e. The predicted molar refractivity (Wildman–Crippen MR) is 145 cm³/mol. The van der Waals surface area contributed by atoms with E-state index in [-0.39, 0.29) is 18.2 Å². The molecular weight excluding hydrogens is 519 g/mol. The number of nitriles is 1. The summed E-state index contributed by atoms with van der Waals surface area (Å²) in [7, 11) is 0. The van der Waals surface area contributed by atoms with Crippen molar-refractivity contribution in [3.63, 3.8) is 0 Å². The number of hydrogen-bond acceptors (Lipinski definition) is 9. The Morgan fingerprint density at radius 3 is 2.77 bits per heavy atom. The molecule has 39 heavy (non-hydrogen) atoms. The first-order valence-corrected chi connectivity index (χ1v) is 13.7. The maximum atomic E-state index is 14.3. The number of halogens is 1. The van der Waals surface area contributed by atoms with Crippen LogP contribution in [0, 0.1) is 11.3 Å². The molecule has 0 unspecified atom stereocenters. The van der Waals surface area contributed by atoms with Gasteiger partial charge in [-0.1, -0.05) is 0 Å². The van der Waals surface area contributed by atoms with Crippen LogP contribution in [0.1, 0.15) is 66.4 Å². The van der Waals surface area contributed by atoms with Gasteiger partial charge in [0.2, 0.25) is 0 Å². The van der Waals surface area contributed by atoms with Gasteiger partial charge in [0.25, 0.3) is 5.91 Å². The highest BCUT2D eigenvalue weighted by atomic mass is 32.1. The van der Waals surface area contributed by atoms with Crippen LogP contribution in [0.25, 0.3) is 16.9 Å². The molecule has 1 amide bonds. The topological polar surface area (TPSA) is 141 Å². The molecule has 4 heterocycles. The average Bonchev–Trinajstić information content (AvgIpc) is 3.61. The Bertz CT molecular complexity index is 1500. The van der Waals surface area contributed by atoms with Gasteiger partial charge in [-0.3, -0.25) is 9.78 Å². The van der Waals surface area contributed by atoms with E-state index in [1.54, 1.807) is 33.5 Å². The summed E-state index contributed by atoms with van der Waals surface area (Å²) in [5.41, 5.74) is 3.55. The second-order valence-corrected chi connectivity index (χ2v) is 11.2. The minimum Gasteiger partial charge on any atom is -0.387 e. The monoisotopic (exact) mass is 548 g/mol. The Hall–Kier alpha value is -3.95. The number of nitrogens with one attached hydrogen (secondary N) is 2. The van der Waals surface area contributed by atoms with Gasteiger partial charge in [-0.15, -0.1) is 21.5 Å². The van der Waals surface area contributed by atoms with Crippen LogP contribution in [0.4, 0.5) is 10.1 Å². The number of hydrogen-bond donors (Lipinski definition) is 3. The van der Waals surface area contributed by atoms with Gasteiger partial charge in [0.1, 0.15) is 22.8 Å². The van der Waals surface area contributed by atoms with Gasteiger partial charge in [0.05, 0.1) is 52.1 Å². The van der Waals surface area contributed by atoms with Crippen molar-refractivity contribution in [3.8, 4) is 17.5 Å². The van der Waals surface area contributed by atoms with Crippen LogP contribution in [0.2, 0.25) is 0 Å². The number of carbonyl (C=O) groups is 1. The summed E-state index contributed by atoms with van der Waals surface area (Å²) in [6.45, 7) is 2.40. The molecule has 0 aromatic carbocycles. The van der Waals surface area contributed by atoms with Crippen molar-refractivity contribution in [2.75, 3.05) is 11.9 Å². The molecule has 202 valence electrons. The van der Waals surface area contributed by atoms with E-state index in [1.807, 2.05) is 12.1 Å². The number of carbonyl (C=O) groups excluding carboxylic acids is 1. The maximum Gasteiger partial charge on any atom is 0.255 e. The molecule has 0 bridgehead atoms. The molecule has 1 atom stereocenters. The highest BCUT2D eigenvalue weighted by molar-refractivity contribution is 7.09. The summed E-state index contributed by atoms with van der Waals surface area (Å²) >= 11 is 1.58. The molecule has 3 N–H and O–H groups in total. The zero-order chi connectivity index (χ0) is 27.6. The Labute approximate surface area is 228 Å². The lowest BCUT2D eigenvalue weighted by atomic mass is 9.86. The minimum atomic E-state index is -1.63. The predicted octanol–water partition coefficient (Wildman–Crippen LogP) is 4.10. The lowest BCUT2D eigenvalue weighted by Crippen LogP contribution is -2.42. The van der Waals surface area contributed by atoms with Crippen LogP contribution in [-0.2, 0) is 0 Å². The van der Waals surface area contributed by atoms with E-state index in [0.29, 0.717) is 28.6 Å². The lowest BCUT2D eigenvalue weighted by Gasteiger charge is -2.29. The third kappa shape index (κ3) is 5.89. The van der Waals surface area contributed by atoms with Crippen LogP contribution < -0.4 is 10.6 Å². The van der Waals surface area contributed by atoms with E-state index in [1.165, 1.54) is 26.2 Å². The fraction of sp³-hybridized carbons (Fsp3) is 0.407. The summed E-state index contributed by atoms with van der Waals surface area (Å²) < 4.78 is 16.0. The number of fused-ring (bicyclic) bond motifs is 1. The zero-order valence-electron chi connectivity index (χ0n) is 21.6. The smallest absolute Gasteiger partial charge is 0.255 e. The van der Waals surface area contributed by atoms with Crippen molar-refractivity contribution < 1.29 is 14.3 Å². The summed E-state index contributed by atoms with van der Waals surface area (Å²) in [4.78, 5) is 17.7. The number of rotatable bonds is 8. The Morgan fingerprint density at radius 1 is 1.28 bits per heavy atom. The molecule has 0 aliphatic heterocycles. The molecular formula is C27H29FN8O2S. The standard InChI is InChI=1S/C27H29FN8O2S/c1-27(2,38)24(28)14-31-25(37)20-13-30-22(23-8-7-19-9-16(11-29)12-33-36(19)23)10-21(20)34-18-5-3-17(4-6-18)26-35-32-15-39-26/h7-10,12-13,15,17-18,24,38H,3-6,14H2,1-2H3,(H,30,34)(H,31,37)/t17-,18-,24-/m1/s1. The van der Waals surface area contributed by atoms with Gasteiger partial charge in [-0.25, -0.2) is 8.91 Å². The van der Waals surface area contributed by atoms with Crippen LogP contribution in [0.15, 0.2) is 42.2 Å². The number of aliphatic hydroxyl groups is 1. The Kier molecular flexibility index (Phi) is 7.54. The maximum absolute atomic E-state index is 14.3. The fourth-order valence-corrected chi connectivity index (χ4v) is 5.47. The van der Waals surface area contributed by atoms with Gasteiger partial charge < -0.3 is 15.7 Å². The van der Waals surface area contributed by atoms with Crippen molar-refractivity contribution in [1.82, 2.24) is 30.1 Å². The molecule has 1 saturated carbocycles. The number of alkyl halides is 1. The van der Waals surface area contributed by atoms with E-state index in [2.05, 4.69) is 37.0 Å². The van der Waals surface area contributed by atoms with Gasteiger partial charge in [-0.05, 0) is 63.8 Å². The minimum absolute atomic E-state index is 0.127. The molecule has 12 heteroatoms. The lowest BCUT2D eigenvalue weighted by molar-refractivity contribution is -0.00177. The van der Waals surface area contributed by atoms with Crippen molar-refractivity contribution in [2.45, 2.75) is 63.3 Å². The van der Waals surface area contributed by atoms with Crippen molar-refractivity contribution in [3.05, 3.63) is 58.3 Å². The SMILES string of the molecule is CC(C)(O)[C@H](F)CNC(=O)c1cnc(-c2ccc3cc(C#N)cnn23)cc1N[C@H]1CC[C@H](c2nncs2)CC1. The van der Waals surface area contributed by atoms with E-state index in [9.17, 15) is 19.6 Å². The number of anilines is 1. The summed E-state index contributed by atoms with van der Waals surface area (Å²) in [6, 6.07) is 9.47. The second-order valence-electron chi connectivity index (χ2n) is 10.3. The average molecular weight is 549 g/mol. The highest BCUT2D eigenvalue weighted by Crippen LogP contribution is 2.35. The van der Waals surface area contributed by atoms with Crippen LogP contribution in [0.5, 0.6) is 0 Å². The van der Waals surface area contributed by atoms with Crippen molar-refractivity contribution in [1.29, 1.82) is 5.26 Å². The van der Waals surface area contributed by atoms with Gasteiger partial charge in [-0.2, -0.15) is 10.4 Å². The van der Waals surface area contributed by atoms with Gasteiger partial charge in [0.15, 0.2) is 0 Å². The summed E-state index contributed by atoms with van der Waals surface area (Å²) in [5, 5.41) is 38.8. The number of amides is 1. The van der Waals surface area contributed by atoms with Gasteiger partial charge in [0, 0.05) is 18.2 Å². The second kappa shape index (κ2) is 11.0. The first-order chi connectivity index (χ1) is 18.7. The molecule has 5 rings (SSSR count). The highest BCUT2D eigenvalue weighted by Gasteiger charge is 2.28. The van der Waals surface area contributed by atoms with Gasteiger partial charge >= 0.3 is 0 Å². The zero-order valence-corrected chi connectivity index (χ0v) is 22.5. The molecule has 0 radical (unpaired) electrons. The van der Waals surface area contributed by atoms with E-state index in [4.69, 9.17) is 0 Å². The normalized spacial score (nSPS) is 18.4. The van der Waals surface area contributed by atoms with Crippen LogP contribution in [0.3, 0.4) is 0 Å². The summed E-state index contributed by atoms with van der Waals surface area (Å²) in [5.74, 6) is -0.103. The molecule has 4 aromatic rings. The molecule has 1 fully saturated rings. The first kappa shape index (κ1) is 26.6. The Morgan fingerprint density at radius 2 is 2.08 bits per heavy atom. The third-order valence-corrected chi connectivity index (χ3v) is 7.92. The molecule has 4 aromatic heterocycles. The number of nitrogens with zero attached hydrogens (tertiary/aromatic N) is 6. The quantitative estimate of drug-likeness (QED) is 0.299. The molecule has 0 saturated heterocycles. The molecule has 10 nitrogen and oxygen atoms in total. The third-order valence-electron chi connectivity index (χ3n) is 7.06. The number of aromatic nitrogens is 5. The van der Waals surface area contributed by atoms with E-state index in [0.717, 1.165) is 36.2 Å². The van der Waals surface area contributed by atoms with Crippen molar-refractivity contribution in [2.24, 2.45) is 0 Å². The van der Waals surface area contributed by atoms with E-state index >= 15 is 0 Å². The first-order valence-electron chi connectivity index (χ1n) is 12.8. The molecule has 0 spiro atoms. The Balaban J connectivity index is 1.41. The van der Waals surface area contributed by atoms with Crippen LogP contribution >= 0.6 is 11.3 Å². The number of pyridine rings is 1. The fourth-order valence-electron chi connectivity index (χ4n) is 4.74. The summed E-state index contributed by atoms with van der Waals surface area (Å²) in [6.07, 6.45) is 5.02. The molecule has 1 aliphatic carbocycles.